The fourth-order valence-corrected chi connectivity index (χ4v) is 1.43. The van der Waals surface area contributed by atoms with E-state index in [1.54, 1.807) is 0 Å². The quantitative estimate of drug-likeness (QED) is 0.723. The number of hydrogen-bond donors (Lipinski definition) is 1. The predicted molar refractivity (Wildman–Crippen MR) is 59.5 cm³/mol. The van der Waals surface area contributed by atoms with E-state index in [0.717, 1.165) is 18.8 Å². The summed E-state index contributed by atoms with van der Waals surface area (Å²) >= 11 is 0. The van der Waals surface area contributed by atoms with Crippen LogP contribution in [0.2, 0.25) is 0 Å². The molecule has 79 valence electrons. The maximum atomic E-state index is 3.87. The van der Waals surface area contributed by atoms with Crippen LogP contribution in [0.5, 0.6) is 0 Å². The Labute approximate surface area is 86.5 Å². The molecule has 14 heavy (non-hydrogen) atoms. The summed E-state index contributed by atoms with van der Waals surface area (Å²) in [4.78, 5) is 2.36. The summed E-state index contributed by atoms with van der Waals surface area (Å²) in [6.07, 6.45) is 9.85. The van der Waals surface area contributed by atoms with Gasteiger partial charge in [-0.1, -0.05) is 26.7 Å². The van der Waals surface area contributed by atoms with Crippen LogP contribution in [0.4, 0.5) is 5.69 Å². The van der Waals surface area contributed by atoms with E-state index in [-0.39, 0.29) is 0 Å². The molecule has 3 nitrogen and oxygen atoms in total. The van der Waals surface area contributed by atoms with Crippen molar-refractivity contribution < 1.29 is 0 Å². The number of unbranched alkanes of at least 4 members (excludes halogenated alkanes) is 2. The van der Waals surface area contributed by atoms with Crippen LogP contribution in [0.3, 0.4) is 0 Å². The van der Waals surface area contributed by atoms with E-state index < -0.39 is 0 Å². The molecule has 0 aliphatic rings. The average molecular weight is 194 g/mol. The van der Waals surface area contributed by atoms with Crippen molar-refractivity contribution in [2.24, 2.45) is 0 Å². The van der Waals surface area contributed by atoms with E-state index in [0.29, 0.717) is 0 Å². The van der Waals surface area contributed by atoms with Gasteiger partial charge in [-0.05, 0) is 12.8 Å². The first-order valence-corrected chi connectivity index (χ1v) is 5.54. The van der Waals surface area contributed by atoms with Crippen molar-refractivity contribution >= 4 is 5.69 Å². The minimum Gasteiger partial charge on any atom is -0.368 e. The molecule has 0 aromatic carbocycles. The Morgan fingerprint density at radius 1 is 1.29 bits per heavy atom. The molecule has 1 rings (SSSR count). The zero-order valence-corrected chi connectivity index (χ0v) is 9.21. The first-order valence-electron chi connectivity index (χ1n) is 5.54. The third-order valence-electron chi connectivity index (χ3n) is 2.34. The Morgan fingerprint density at radius 3 is 2.36 bits per heavy atom. The van der Waals surface area contributed by atoms with Crippen LogP contribution in [0.15, 0.2) is 6.20 Å². The zero-order valence-electron chi connectivity index (χ0n) is 9.21. The lowest BCUT2D eigenvalue weighted by atomic mass is 10.2. The molecule has 0 aliphatic carbocycles. The maximum Gasteiger partial charge on any atom is 0.138 e. The standard InChI is InChI=1S/C11H20N3/c1-3-5-7-14(8-6-4-2)11-9-12-13-10-11/h9H,3-8H2,1-2H3,(H,12,13). The van der Waals surface area contributed by atoms with Crippen molar-refractivity contribution in [2.75, 3.05) is 18.0 Å². The molecule has 0 bridgehead atoms. The van der Waals surface area contributed by atoms with Crippen LogP contribution >= 0.6 is 0 Å². The fraction of sp³-hybridized carbons (Fsp3) is 0.727. The molecule has 0 unspecified atom stereocenters. The van der Waals surface area contributed by atoms with Crippen LogP contribution in [0.1, 0.15) is 39.5 Å². The summed E-state index contributed by atoms with van der Waals surface area (Å²) < 4.78 is 0. The molecule has 0 aliphatic heterocycles. The van der Waals surface area contributed by atoms with Crippen molar-refractivity contribution in [3.8, 4) is 0 Å². The highest BCUT2D eigenvalue weighted by atomic mass is 15.2. The molecule has 1 N–H and O–H groups in total. The van der Waals surface area contributed by atoms with Crippen LogP contribution in [0.25, 0.3) is 0 Å². The highest BCUT2D eigenvalue weighted by molar-refractivity contribution is 5.40. The van der Waals surface area contributed by atoms with Gasteiger partial charge < -0.3 is 4.90 Å². The molecule has 1 aromatic heterocycles. The number of aromatic nitrogens is 2. The zero-order chi connectivity index (χ0) is 10.2. The van der Waals surface area contributed by atoms with Gasteiger partial charge in [-0.3, -0.25) is 5.10 Å². The highest BCUT2D eigenvalue weighted by Crippen LogP contribution is 2.12. The fourth-order valence-electron chi connectivity index (χ4n) is 1.43. The first-order chi connectivity index (χ1) is 6.88. The Bertz CT molecular complexity index is 210. The Hall–Kier alpha value is -0.990. The maximum absolute atomic E-state index is 3.87. The first kappa shape index (κ1) is 11.1. The van der Waals surface area contributed by atoms with Crippen LogP contribution in [0, 0.1) is 6.20 Å². The smallest absolute Gasteiger partial charge is 0.138 e. The van der Waals surface area contributed by atoms with Gasteiger partial charge in [-0.25, -0.2) is 0 Å². The summed E-state index contributed by atoms with van der Waals surface area (Å²) in [6.45, 7) is 6.67. The largest absolute Gasteiger partial charge is 0.368 e. The van der Waals surface area contributed by atoms with Gasteiger partial charge in [0.2, 0.25) is 0 Å². The average Bonchev–Trinajstić information content (AvgIpc) is 2.71. The summed E-state index contributed by atoms with van der Waals surface area (Å²) in [5.41, 5.74) is 1.10. The number of aromatic amines is 1. The SMILES string of the molecule is CCCCN(CCCC)c1[c]n[nH]c1. The van der Waals surface area contributed by atoms with E-state index in [4.69, 9.17) is 0 Å². The van der Waals surface area contributed by atoms with Gasteiger partial charge in [-0.15, -0.1) is 0 Å². The van der Waals surface area contributed by atoms with Gasteiger partial charge in [0.05, 0.1) is 5.69 Å². The highest BCUT2D eigenvalue weighted by Gasteiger charge is 2.06. The van der Waals surface area contributed by atoms with Crippen LogP contribution in [-0.2, 0) is 0 Å². The molecule has 0 spiro atoms. The number of H-pyrrole nitrogens is 1. The Morgan fingerprint density at radius 2 is 1.93 bits per heavy atom. The van der Waals surface area contributed by atoms with Gasteiger partial charge in [0.15, 0.2) is 0 Å². The summed E-state index contributed by atoms with van der Waals surface area (Å²) in [5.74, 6) is 0. The lowest BCUT2D eigenvalue weighted by molar-refractivity contribution is 0.678. The van der Waals surface area contributed by atoms with Crippen LogP contribution in [-0.4, -0.2) is 23.3 Å². The number of hydrogen-bond acceptors (Lipinski definition) is 2. The lowest BCUT2D eigenvalue weighted by Gasteiger charge is -2.22. The Kier molecular flexibility index (Phi) is 5.12. The molecule has 1 heterocycles. The lowest BCUT2D eigenvalue weighted by Crippen LogP contribution is -2.25. The predicted octanol–water partition coefficient (Wildman–Crippen LogP) is 2.62. The number of nitrogens with one attached hydrogen (secondary N) is 1. The minimum absolute atomic E-state index is 1.10. The van der Waals surface area contributed by atoms with Crippen molar-refractivity contribution in [1.29, 1.82) is 0 Å². The Balaban J connectivity index is 2.44. The molecule has 0 saturated heterocycles. The van der Waals surface area contributed by atoms with Gasteiger partial charge in [-0.2, -0.15) is 5.10 Å². The van der Waals surface area contributed by atoms with Crippen molar-refractivity contribution in [3.05, 3.63) is 12.4 Å². The van der Waals surface area contributed by atoms with Gasteiger partial charge in [0, 0.05) is 19.3 Å². The minimum atomic E-state index is 1.10. The monoisotopic (exact) mass is 194 g/mol. The molecule has 0 amide bonds. The third kappa shape index (κ3) is 3.40. The summed E-state index contributed by atoms with van der Waals surface area (Å²) in [7, 11) is 0. The molecular weight excluding hydrogens is 174 g/mol. The van der Waals surface area contributed by atoms with Gasteiger partial charge in [0.1, 0.15) is 6.20 Å². The number of rotatable bonds is 7. The summed E-state index contributed by atoms with van der Waals surface area (Å²) in [6, 6.07) is 0. The summed E-state index contributed by atoms with van der Waals surface area (Å²) in [5, 5.41) is 6.68. The van der Waals surface area contributed by atoms with Crippen molar-refractivity contribution in [1.82, 2.24) is 10.2 Å². The molecule has 1 radical (unpaired) electrons. The second-order valence-electron chi connectivity index (χ2n) is 3.58. The third-order valence-corrected chi connectivity index (χ3v) is 2.34. The second kappa shape index (κ2) is 6.46. The van der Waals surface area contributed by atoms with E-state index >= 15 is 0 Å². The molecular formula is C11H20N3. The van der Waals surface area contributed by atoms with Gasteiger partial charge in [0.25, 0.3) is 0 Å². The van der Waals surface area contributed by atoms with E-state index in [9.17, 15) is 0 Å². The van der Waals surface area contributed by atoms with E-state index in [1.807, 2.05) is 6.20 Å². The molecule has 3 heteroatoms. The molecule has 0 fully saturated rings. The van der Waals surface area contributed by atoms with Gasteiger partial charge >= 0.3 is 0 Å². The topological polar surface area (TPSA) is 31.9 Å². The van der Waals surface area contributed by atoms with E-state index in [1.165, 1.54) is 25.7 Å². The number of nitrogens with zero attached hydrogens (tertiary/aromatic N) is 2. The molecule has 0 saturated carbocycles. The van der Waals surface area contributed by atoms with Crippen molar-refractivity contribution in [3.63, 3.8) is 0 Å². The van der Waals surface area contributed by atoms with Crippen molar-refractivity contribution in [2.45, 2.75) is 39.5 Å². The van der Waals surface area contributed by atoms with E-state index in [2.05, 4.69) is 35.1 Å². The number of anilines is 1. The normalized spacial score (nSPS) is 10.4. The van der Waals surface area contributed by atoms with Crippen LogP contribution < -0.4 is 4.90 Å². The molecule has 0 atom stereocenters. The molecule has 1 aromatic rings. The second-order valence-corrected chi connectivity index (χ2v) is 3.58.